The highest BCUT2D eigenvalue weighted by Gasteiger charge is 2.32. The molecule has 0 saturated carbocycles. The third-order valence-electron chi connectivity index (χ3n) is 1.83. The first-order valence-electron chi connectivity index (χ1n) is 4.25. The summed E-state index contributed by atoms with van der Waals surface area (Å²) < 4.78 is -2.01. The van der Waals surface area contributed by atoms with Crippen molar-refractivity contribution in [3.8, 4) is 0 Å². The number of aromatic nitrogens is 1. The van der Waals surface area contributed by atoms with Crippen LogP contribution in [0.15, 0.2) is 12.3 Å². The Hall–Kier alpha value is -0.0300. The zero-order valence-corrected chi connectivity index (χ0v) is 11.8. The van der Waals surface area contributed by atoms with Crippen molar-refractivity contribution in [3.05, 3.63) is 23.5 Å². The van der Waals surface area contributed by atoms with Gasteiger partial charge in [-0.25, -0.2) is 0 Å². The van der Waals surface area contributed by atoms with Crippen molar-refractivity contribution >= 4 is 62.3 Å². The quantitative estimate of drug-likeness (QED) is 0.669. The van der Waals surface area contributed by atoms with Gasteiger partial charge in [0.25, 0.3) is 3.79 Å². The second-order valence-electron chi connectivity index (χ2n) is 2.99. The first-order chi connectivity index (χ1) is 7.36. The van der Waals surface area contributed by atoms with Crippen LogP contribution in [0.1, 0.15) is 27.3 Å². The Balaban J connectivity index is 2.87. The van der Waals surface area contributed by atoms with Gasteiger partial charge in [0.15, 0.2) is 5.78 Å². The third kappa shape index (κ3) is 3.48. The first-order valence-corrected chi connectivity index (χ1v) is 6.51. The van der Waals surface area contributed by atoms with Crippen molar-refractivity contribution in [1.29, 1.82) is 0 Å². The summed E-state index contributed by atoms with van der Waals surface area (Å²) in [7, 11) is 0. The molecule has 1 N–H and O–H groups in total. The van der Waals surface area contributed by atoms with Crippen molar-refractivity contribution < 1.29 is 9.59 Å². The second kappa shape index (κ2) is 5.54. The lowest BCUT2D eigenvalue weighted by molar-refractivity contribution is 0.0987. The van der Waals surface area contributed by atoms with E-state index in [-0.39, 0.29) is 11.5 Å². The fourth-order valence-corrected chi connectivity index (χ4v) is 1.73. The van der Waals surface area contributed by atoms with Crippen molar-refractivity contribution in [2.24, 2.45) is 0 Å². The molecular weight excluding hydrogens is 340 g/mol. The molecule has 0 bridgehead atoms. The summed E-state index contributed by atoms with van der Waals surface area (Å²) in [6, 6.07) is 1.38. The number of nitrogens with one attached hydrogen (secondary N) is 1. The standard InChI is InChI=1S/C9H7BrCl3NO2/c10-2-1-7(15)5-3-6(14-4-5)8(16)9(11,12)13/h3-4,14H,1-2H2. The number of hydrogen-bond donors (Lipinski definition) is 1. The number of halogens is 4. The summed E-state index contributed by atoms with van der Waals surface area (Å²) in [5.41, 5.74) is 0.509. The Kier molecular flexibility index (Phi) is 4.86. The lowest BCUT2D eigenvalue weighted by Crippen LogP contribution is -2.19. The van der Waals surface area contributed by atoms with Crippen molar-refractivity contribution in [2.75, 3.05) is 5.33 Å². The molecule has 1 aromatic heterocycles. The van der Waals surface area contributed by atoms with Crippen molar-refractivity contribution in [2.45, 2.75) is 10.2 Å². The van der Waals surface area contributed by atoms with E-state index in [1.807, 2.05) is 0 Å². The van der Waals surface area contributed by atoms with Gasteiger partial charge in [0, 0.05) is 23.5 Å². The van der Waals surface area contributed by atoms with Crippen LogP contribution < -0.4 is 0 Å². The summed E-state index contributed by atoms with van der Waals surface area (Å²) in [6.45, 7) is 0. The molecule has 0 saturated heterocycles. The lowest BCUT2D eigenvalue weighted by atomic mass is 10.1. The maximum absolute atomic E-state index is 11.5. The monoisotopic (exact) mass is 345 g/mol. The predicted octanol–water partition coefficient (Wildman–Crippen LogP) is 3.54. The Labute approximate surface area is 116 Å². The van der Waals surface area contributed by atoms with Crippen molar-refractivity contribution in [3.63, 3.8) is 0 Å². The Morgan fingerprint density at radius 1 is 1.38 bits per heavy atom. The molecular formula is C9H7BrCl3NO2. The van der Waals surface area contributed by atoms with Crippen LogP contribution in [0.4, 0.5) is 0 Å². The van der Waals surface area contributed by atoms with Gasteiger partial charge in [-0.3, -0.25) is 9.59 Å². The average molecular weight is 347 g/mol. The zero-order chi connectivity index (χ0) is 12.3. The molecule has 0 aliphatic rings. The Morgan fingerprint density at radius 3 is 2.50 bits per heavy atom. The first kappa shape index (κ1) is 14.0. The Morgan fingerprint density at radius 2 is 2.00 bits per heavy atom. The summed E-state index contributed by atoms with van der Waals surface area (Å²) in [6.07, 6.45) is 1.77. The SMILES string of the molecule is O=C(CCBr)c1c[nH]c(C(=O)C(Cl)(Cl)Cl)c1. The molecule has 0 aromatic carbocycles. The van der Waals surface area contributed by atoms with E-state index < -0.39 is 9.58 Å². The van der Waals surface area contributed by atoms with E-state index in [0.717, 1.165) is 0 Å². The van der Waals surface area contributed by atoms with E-state index in [4.69, 9.17) is 34.8 Å². The molecule has 0 atom stereocenters. The maximum atomic E-state index is 11.5. The number of alkyl halides is 4. The van der Waals surface area contributed by atoms with Gasteiger partial charge >= 0.3 is 0 Å². The van der Waals surface area contributed by atoms with Gasteiger partial charge in [-0.15, -0.1) is 0 Å². The number of Topliss-reactive ketones (excluding diaryl/α,β-unsaturated/α-hetero) is 2. The lowest BCUT2D eigenvalue weighted by Gasteiger charge is -2.06. The number of hydrogen-bond acceptors (Lipinski definition) is 2. The number of carbonyl (C=O) groups is 2. The smallest absolute Gasteiger partial charge is 0.254 e. The van der Waals surface area contributed by atoms with Gasteiger partial charge in [0.05, 0.1) is 5.69 Å². The van der Waals surface area contributed by atoms with Gasteiger partial charge in [0.2, 0.25) is 5.78 Å². The molecule has 0 fully saturated rings. The van der Waals surface area contributed by atoms with E-state index in [1.54, 1.807) is 0 Å². The number of rotatable bonds is 4. The highest BCUT2D eigenvalue weighted by Crippen LogP contribution is 2.30. The summed E-state index contributed by atoms with van der Waals surface area (Å²) in [5, 5.41) is 0.560. The largest absolute Gasteiger partial charge is 0.358 e. The van der Waals surface area contributed by atoms with Crippen LogP contribution in [0.25, 0.3) is 0 Å². The summed E-state index contributed by atoms with van der Waals surface area (Å²) in [5.74, 6) is -0.771. The molecule has 88 valence electrons. The molecule has 1 rings (SSSR count). The number of H-pyrrole nitrogens is 1. The molecule has 0 aliphatic carbocycles. The molecule has 0 aliphatic heterocycles. The van der Waals surface area contributed by atoms with Crippen LogP contribution in [0.5, 0.6) is 0 Å². The number of carbonyl (C=O) groups excluding carboxylic acids is 2. The molecule has 16 heavy (non-hydrogen) atoms. The third-order valence-corrected chi connectivity index (χ3v) is 2.74. The molecule has 1 aromatic rings. The van der Waals surface area contributed by atoms with E-state index in [2.05, 4.69) is 20.9 Å². The van der Waals surface area contributed by atoms with E-state index in [9.17, 15) is 9.59 Å². The highest BCUT2D eigenvalue weighted by atomic mass is 79.9. The highest BCUT2D eigenvalue weighted by molar-refractivity contribution is 9.09. The minimum atomic E-state index is -2.01. The molecule has 0 spiro atoms. The average Bonchev–Trinajstić information content (AvgIpc) is 2.64. The van der Waals surface area contributed by atoms with E-state index in [0.29, 0.717) is 17.3 Å². The fourth-order valence-electron chi connectivity index (χ4n) is 1.07. The van der Waals surface area contributed by atoms with Gasteiger partial charge in [0.1, 0.15) is 0 Å². The molecule has 1 heterocycles. The van der Waals surface area contributed by atoms with E-state index >= 15 is 0 Å². The van der Waals surface area contributed by atoms with Gasteiger partial charge < -0.3 is 4.98 Å². The molecule has 0 amide bonds. The minimum absolute atomic E-state index is 0.0866. The van der Waals surface area contributed by atoms with Gasteiger partial charge in [-0.2, -0.15) is 0 Å². The van der Waals surface area contributed by atoms with Crippen LogP contribution in [0.3, 0.4) is 0 Å². The number of ketones is 2. The normalized spacial score (nSPS) is 11.5. The summed E-state index contributed by atoms with van der Waals surface area (Å²) >= 11 is 19.5. The van der Waals surface area contributed by atoms with Crippen LogP contribution in [0, 0.1) is 0 Å². The van der Waals surface area contributed by atoms with Crippen LogP contribution in [0.2, 0.25) is 0 Å². The summed E-state index contributed by atoms with van der Waals surface area (Å²) in [4.78, 5) is 25.6. The predicted molar refractivity (Wildman–Crippen MR) is 68.2 cm³/mol. The van der Waals surface area contributed by atoms with E-state index in [1.165, 1.54) is 12.3 Å². The fraction of sp³-hybridized carbons (Fsp3) is 0.333. The molecule has 7 heteroatoms. The zero-order valence-electron chi connectivity index (χ0n) is 7.90. The van der Waals surface area contributed by atoms with Crippen LogP contribution in [-0.4, -0.2) is 25.7 Å². The maximum Gasteiger partial charge on any atom is 0.254 e. The molecule has 3 nitrogen and oxygen atoms in total. The van der Waals surface area contributed by atoms with Gasteiger partial charge in [-0.05, 0) is 6.07 Å². The molecule has 0 unspecified atom stereocenters. The van der Waals surface area contributed by atoms with Crippen LogP contribution >= 0.6 is 50.7 Å². The second-order valence-corrected chi connectivity index (χ2v) is 6.07. The molecule has 0 radical (unpaired) electrons. The topological polar surface area (TPSA) is 49.9 Å². The Bertz CT molecular complexity index is 411. The van der Waals surface area contributed by atoms with Crippen LogP contribution in [-0.2, 0) is 0 Å². The number of aromatic amines is 1. The van der Waals surface area contributed by atoms with Crippen molar-refractivity contribution in [1.82, 2.24) is 4.98 Å². The minimum Gasteiger partial charge on any atom is -0.358 e. The van der Waals surface area contributed by atoms with Gasteiger partial charge in [-0.1, -0.05) is 50.7 Å².